The van der Waals surface area contributed by atoms with Crippen LogP contribution in [0.15, 0.2) is 33.8 Å². The van der Waals surface area contributed by atoms with Crippen molar-refractivity contribution in [3.05, 3.63) is 46.6 Å². The molecular weight excluding hydrogens is 404 g/mol. The highest BCUT2D eigenvalue weighted by molar-refractivity contribution is 5.92. The van der Waals surface area contributed by atoms with Gasteiger partial charge in [0.1, 0.15) is 11.9 Å². The van der Waals surface area contributed by atoms with E-state index in [0.29, 0.717) is 24.2 Å². The second kappa shape index (κ2) is 6.76. The predicted molar refractivity (Wildman–Crippen MR) is 98.8 cm³/mol. The van der Waals surface area contributed by atoms with Crippen LogP contribution in [-0.4, -0.2) is 39.4 Å². The Hall–Kier alpha value is -3.01. The van der Waals surface area contributed by atoms with Crippen LogP contribution >= 0.6 is 0 Å². The molecule has 0 saturated carbocycles. The Morgan fingerprint density at radius 2 is 2.03 bits per heavy atom. The quantitative estimate of drug-likeness (QED) is 0.640. The van der Waals surface area contributed by atoms with Crippen molar-refractivity contribution in [3.63, 3.8) is 0 Å². The monoisotopic (exact) mass is 420 g/mol. The maximum absolute atomic E-state index is 15.6. The van der Waals surface area contributed by atoms with E-state index in [-0.39, 0.29) is 29.1 Å². The lowest BCUT2D eigenvalue weighted by Crippen LogP contribution is -2.19. The molecule has 1 aromatic carbocycles. The van der Waals surface area contributed by atoms with Gasteiger partial charge in [0.2, 0.25) is 0 Å². The SMILES string of the molecule is OCC1Cn2nc3c(c2-c2noc(-c4ccccc4C(F)(F)F)c2C1F)C=NCC3. The number of aromatic nitrogens is 3. The van der Waals surface area contributed by atoms with Gasteiger partial charge < -0.3 is 9.63 Å². The van der Waals surface area contributed by atoms with Crippen LogP contribution < -0.4 is 0 Å². The zero-order valence-electron chi connectivity index (χ0n) is 15.5. The molecule has 2 unspecified atom stereocenters. The Bertz CT molecular complexity index is 1150. The molecule has 1 N–H and O–H groups in total. The van der Waals surface area contributed by atoms with Crippen molar-refractivity contribution in [2.24, 2.45) is 10.9 Å². The van der Waals surface area contributed by atoms with Gasteiger partial charge in [0.05, 0.1) is 29.1 Å². The number of aliphatic hydroxyl groups is 1. The molecule has 3 aromatic rings. The normalized spacial score (nSPS) is 20.4. The summed E-state index contributed by atoms with van der Waals surface area (Å²) in [6.07, 6.45) is -4.24. The fourth-order valence-corrected chi connectivity index (χ4v) is 4.10. The summed E-state index contributed by atoms with van der Waals surface area (Å²) in [5, 5.41) is 18.3. The molecule has 0 aliphatic carbocycles. The molecule has 0 fully saturated rings. The van der Waals surface area contributed by atoms with E-state index in [0.717, 1.165) is 11.8 Å². The molecular formula is C20H16F4N4O2. The highest BCUT2D eigenvalue weighted by Crippen LogP contribution is 2.47. The molecule has 0 saturated heterocycles. The molecule has 2 aliphatic heterocycles. The number of aliphatic hydroxyl groups excluding tert-OH is 1. The van der Waals surface area contributed by atoms with E-state index in [1.165, 1.54) is 18.2 Å². The third kappa shape index (κ3) is 2.78. The van der Waals surface area contributed by atoms with E-state index in [1.54, 1.807) is 10.9 Å². The summed E-state index contributed by atoms with van der Waals surface area (Å²) >= 11 is 0. The highest BCUT2D eigenvalue weighted by Gasteiger charge is 2.41. The smallest absolute Gasteiger partial charge is 0.396 e. The van der Waals surface area contributed by atoms with Gasteiger partial charge in [0.25, 0.3) is 0 Å². The van der Waals surface area contributed by atoms with Crippen molar-refractivity contribution in [1.82, 2.24) is 14.9 Å². The summed E-state index contributed by atoms with van der Waals surface area (Å²) in [5.74, 6) is -1.21. The van der Waals surface area contributed by atoms with Gasteiger partial charge in [-0.1, -0.05) is 23.4 Å². The van der Waals surface area contributed by atoms with Crippen LogP contribution in [0.4, 0.5) is 17.6 Å². The molecule has 10 heteroatoms. The van der Waals surface area contributed by atoms with Crippen LogP contribution in [0.2, 0.25) is 0 Å². The van der Waals surface area contributed by atoms with Crippen molar-refractivity contribution in [2.45, 2.75) is 25.3 Å². The zero-order valence-corrected chi connectivity index (χ0v) is 15.5. The van der Waals surface area contributed by atoms with Crippen LogP contribution in [0, 0.1) is 5.92 Å². The summed E-state index contributed by atoms with van der Waals surface area (Å²) in [5.41, 5.74) is 0.587. The summed E-state index contributed by atoms with van der Waals surface area (Å²) in [6.45, 7) is 0.114. The minimum atomic E-state index is -4.66. The number of halogens is 4. The van der Waals surface area contributed by atoms with Crippen LogP contribution in [0.1, 0.15) is 28.6 Å². The molecule has 2 aromatic heterocycles. The number of hydrogen-bond donors (Lipinski definition) is 1. The number of aliphatic imine (C=N–C) groups is 1. The molecule has 5 rings (SSSR count). The summed E-state index contributed by atoms with van der Waals surface area (Å²) in [6, 6.07) is 4.82. The summed E-state index contributed by atoms with van der Waals surface area (Å²) in [4.78, 5) is 4.24. The number of rotatable bonds is 2. The van der Waals surface area contributed by atoms with Crippen LogP contribution in [0.25, 0.3) is 22.7 Å². The van der Waals surface area contributed by atoms with E-state index in [2.05, 4.69) is 15.2 Å². The summed E-state index contributed by atoms with van der Waals surface area (Å²) in [7, 11) is 0. The van der Waals surface area contributed by atoms with Crippen molar-refractivity contribution < 1.29 is 27.2 Å². The topological polar surface area (TPSA) is 76.4 Å². The fraction of sp³-hybridized carbons (Fsp3) is 0.350. The first-order valence-electron chi connectivity index (χ1n) is 9.41. The van der Waals surface area contributed by atoms with Gasteiger partial charge in [0, 0.05) is 42.8 Å². The van der Waals surface area contributed by atoms with Crippen LogP contribution in [-0.2, 0) is 19.1 Å². The van der Waals surface area contributed by atoms with Crippen molar-refractivity contribution in [3.8, 4) is 22.7 Å². The first-order valence-corrected chi connectivity index (χ1v) is 9.41. The number of alkyl halides is 4. The van der Waals surface area contributed by atoms with Gasteiger partial charge in [0.15, 0.2) is 5.76 Å². The maximum Gasteiger partial charge on any atom is 0.417 e. The number of nitrogens with zero attached hydrogens (tertiary/aromatic N) is 4. The number of benzene rings is 1. The molecule has 156 valence electrons. The molecule has 6 nitrogen and oxygen atoms in total. The third-order valence-electron chi connectivity index (χ3n) is 5.52. The Morgan fingerprint density at radius 1 is 1.23 bits per heavy atom. The second-order valence-corrected chi connectivity index (χ2v) is 7.34. The summed E-state index contributed by atoms with van der Waals surface area (Å²) < 4.78 is 63.2. The molecule has 2 aliphatic rings. The van der Waals surface area contributed by atoms with Crippen LogP contribution in [0.3, 0.4) is 0 Å². The average Bonchev–Trinajstić information content (AvgIpc) is 3.29. The van der Waals surface area contributed by atoms with Gasteiger partial charge in [-0.05, 0) is 6.07 Å². The van der Waals surface area contributed by atoms with Crippen molar-refractivity contribution in [1.29, 1.82) is 0 Å². The van der Waals surface area contributed by atoms with Crippen LogP contribution in [0.5, 0.6) is 0 Å². The molecule has 0 amide bonds. The average molecular weight is 420 g/mol. The Morgan fingerprint density at radius 3 is 2.80 bits per heavy atom. The number of fused-ring (bicyclic) bond motifs is 5. The highest BCUT2D eigenvalue weighted by atomic mass is 19.4. The lowest BCUT2D eigenvalue weighted by atomic mass is 9.92. The predicted octanol–water partition coefficient (Wildman–Crippen LogP) is 3.83. The minimum Gasteiger partial charge on any atom is -0.396 e. The first-order chi connectivity index (χ1) is 14.4. The van der Waals surface area contributed by atoms with E-state index in [9.17, 15) is 18.3 Å². The third-order valence-corrected chi connectivity index (χ3v) is 5.52. The molecule has 4 heterocycles. The van der Waals surface area contributed by atoms with E-state index in [4.69, 9.17) is 4.52 Å². The van der Waals surface area contributed by atoms with E-state index >= 15 is 4.39 Å². The molecule has 30 heavy (non-hydrogen) atoms. The minimum absolute atomic E-state index is 0.0601. The van der Waals surface area contributed by atoms with Gasteiger partial charge in [-0.2, -0.15) is 18.3 Å². The second-order valence-electron chi connectivity index (χ2n) is 7.34. The lowest BCUT2D eigenvalue weighted by Gasteiger charge is -2.18. The van der Waals surface area contributed by atoms with Gasteiger partial charge in [-0.15, -0.1) is 0 Å². The Balaban J connectivity index is 1.79. The molecule has 0 bridgehead atoms. The van der Waals surface area contributed by atoms with Gasteiger partial charge in [-0.25, -0.2) is 4.39 Å². The van der Waals surface area contributed by atoms with Crippen molar-refractivity contribution in [2.75, 3.05) is 13.2 Å². The Kier molecular flexibility index (Phi) is 4.28. The maximum atomic E-state index is 15.6. The fourth-order valence-electron chi connectivity index (χ4n) is 4.10. The molecule has 2 atom stereocenters. The van der Waals surface area contributed by atoms with Crippen molar-refractivity contribution >= 4 is 6.21 Å². The zero-order chi connectivity index (χ0) is 21.0. The Labute approximate surface area is 167 Å². The lowest BCUT2D eigenvalue weighted by molar-refractivity contribution is -0.137. The molecule has 0 spiro atoms. The first kappa shape index (κ1) is 19.0. The van der Waals surface area contributed by atoms with E-state index in [1.807, 2.05) is 0 Å². The van der Waals surface area contributed by atoms with Gasteiger partial charge in [-0.3, -0.25) is 9.67 Å². The number of hydrogen-bond acceptors (Lipinski definition) is 5. The molecule has 0 radical (unpaired) electrons. The van der Waals surface area contributed by atoms with E-state index < -0.39 is 30.4 Å². The standard InChI is InChI=1S/C20H16F4N4O2/c21-16-10(9-29)8-28-18(12-7-25-6-5-14(12)26-28)17-15(16)19(30-27-17)11-3-1-2-4-13(11)20(22,23)24/h1-4,7,10,16,29H,5-6,8-9H2. The largest absolute Gasteiger partial charge is 0.417 e. The van der Waals surface area contributed by atoms with Gasteiger partial charge >= 0.3 is 6.18 Å².